The molecule has 2 saturated heterocycles. The normalized spacial score (nSPS) is 19.8. The Bertz CT molecular complexity index is 1020. The monoisotopic (exact) mass is 446 g/mol. The molecule has 2 aromatic carbocycles. The molecule has 6 nitrogen and oxygen atoms in total. The maximum absolute atomic E-state index is 11.8. The second-order valence-corrected chi connectivity index (χ2v) is 8.56. The molecule has 148 valence electrons. The van der Waals surface area contributed by atoms with Gasteiger partial charge in [-0.2, -0.15) is 0 Å². The van der Waals surface area contributed by atoms with E-state index >= 15 is 0 Å². The van der Waals surface area contributed by atoms with Gasteiger partial charge in [-0.1, -0.05) is 53.8 Å². The summed E-state index contributed by atoms with van der Waals surface area (Å²) in [4.78, 5) is 23.4. The number of benzene rings is 2. The van der Waals surface area contributed by atoms with E-state index in [-0.39, 0.29) is 18.0 Å². The van der Waals surface area contributed by atoms with Crippen LogP contribution in [0.2, 0.25) is 5.02 Å². The number of carbonyl (C=O) groups excluding carboxylic acids is 2. The highest BCUT2D eigenvalue weighted by atomic mass is 35.5. The van der Waals surface area contributed by atoms with Crippen LogP contribution in [0.1, 0.15) is 11.1 Å². The van der Waals surface area contributed by atoms with E-state index in [1.165, 1.54) is 11.8 Å². The Morgan fingerprint density at radius 3 is 2.66 bits per heavy atom. The highest BCUT2D eigenvalue weighted by Crippen LogP contribution is 2.32. The Kier molecular flexibility index (Phi) is 5.75. The molecular formula is C20H15ClN2O4S2. The summed E-state index contributed by atoms with van der Waals surface area (Å²) >= 11 is 12.5. The number of nitrogens with one attached hydrogen (secondary N) is 2. The van der Waals surface area contributed by atoms with Gasteiger partial charge in [0.1, 0.15) is 22.4 Å². The van der Waals surface area contributed by atoms with E-state index in [0.717, 1.165) is 11.1 Å². The minimum Gasteiger partial charge on any atom is -0.456 e. The molecule has 0 saturated carbocycles. The number of alkyl carbamates (subject to hydrolysis) is 1. The smallest absolute Gasteiger partial charge is 0.407 e. The van der Waals surface area contributed by atoms with Gasteiger partial charge < -0.3 is 20.1 Å². The van der Waals surface area contributed by atoms with Crippen LogP contribution in [0.3, 0.4) is 0 Å². The van der Waals surface area contributed by atoms with Crippen LogP contribution in [0.25, 0.3) is 6.08 Å². The largest absolute Gasteiger partial charge is 0.456 e. The Morgan fingerprint density at radius 2 is 2.03 bits per heavy atom. The highest BCUT2D eigenvalue weighted by molar-refractivity contribution is 8.26. The van der Waals surface area contributed by atoms with E-state index in [1.807, 2.05) is 30.3 Å². The number of rotatable bonds is 5. The standard InChI is InChI=1S/C20H15ClN2O4S2/c21-15-8-12(9-17-18(24)23-20(28)29-17)3-6-16(15)27-14-4-1-11(2-5-14)7-13-10-26-19(25)22-13/h1-6,8-9,13H,7,10H2,(H,22,25)(H,23,24,28). The molecule has 1 atom stereocenters. The fraction of sp³-hybridized carbons (Fsp3) is 0.150. The molecule has 2 N–H and O–H groups in total. The number of thioether (sulfide) groups is 1. The predicted molar refractivity (Wildman–Crippen MR) is 116 cm³/mol. The Labute approximate surface area is 181 Å². The van der Waals surface area contributed by atoms with Crippen LogP contribution in [0, 0.1) is 0 Å². The Morgan fingerprint density at radius 1 is 1.24 bits per heavy atom. The minimum atomic E-state index is -0.376. The van der Waals surface area contributed by atoms with Crippen LogP contribution in [0.15, 0.2) is 47.4 Å². The van der Waals surface area contributed by atoms with Crippen molar-refractivity contribution in [2.75, 3.05) is 6.61 Å². The van der Waals surface area contributed by atoms with Gasteiger partial charge in [0.15, 0.2) is 0 Å². The first-order valence-corrected chi connectivity index (χ1v) is 10.3. The van der Waals surface area contributed by atoms with Gasteiger partial charge >= 0.3 is 6.09 Å². The lowest BCUT2D eigenvalue weighted by Crippen LogP contribution is -2.28. The molecule has 2 aliphatic rings. The van der Waals surface area contributed by atoms with Crippen molar-refractivity contribution in [1.82, 2.24) is 10.6 Å². The van der Waals surface area contributed by atoms with E-state index < -0.39 is 0 Å². The van der Waals surface area contributed by atoms with Crippen molar-refractivity contribution in [3.05, 3.63) is 63.5 Å². The van der Waals surface area contributed by atoms with Crippen molar-refractivity contribution >= 4 is 58.0 Å². The molecule has 29 heavy (non-hydrogen) atoms. The van der Waals surface area contributed by atoms with Crippen molar-refractivity contribution in [2.45, 2.75) is 12.5 Å². The van der Waals surface area contributed by atoms with Crippen molar-refractivity contribution in [3.63, 3.8) is 0 Å². The molecule has 2 aliphatic heterocycles. The van der Waals surface area contributed by atoms with Crippen molar-refractivity contribution < 1.29 is 19.1 Å². The molecule has 0 bridgehead atoms. The van der Waals surface area contributed by atoms with Gasteiger partial charge in [0.05, 0.1) is 16.0 Å². The highest BCUT2D eigenvalue weighted by Gasteiger charge is 2.23. The molecule has 4 rings (SSSR count). The third-order valence-corrected chi connectivity index (χ3v) is 5.72. The second kappa shape index (κ2) is 8.44. The van der Waals surface area contributed by atoms with Crippen LogP contribution >= 0.6 is 35.6 Å². The Hall–Kier alpha value is -2.55. The third-order valence-electron chi connectivity index (χ3n) is 4.27. The maximum atomic E-state index is 11.8. The quantitative estimate of drug-likeness (QED) is 0.527. The zero-order chi connectivity index (χ0) is 20.4. The minimum absolute atomic E-state index is 0.0140. The SMILES string of the molecule is O=C1NC(Cc2ccc(Oc3ccc(C=C4SC(=S)NC4=O)cc3Cl)cc2)CO1. The fourth-order valence-corrected chi connectivity index (χ4v) is 4.18. The molecular weight excluding hydrogens is 432 g/mol. The second-order valence-electron chi connectivity index (χ2n) is 6.43. The topological polar surface area (TPSA) is 76.7 Å². The Balaban J connectivity index is 1.41. The van der Waals surface area contributed by atoms with Gasteiger partial charge in [0, 0.05) is 0 Å². The first kappa shape index (κ1) is 19.8. The van der Waals surface area contributed by atoms with Gasteiger partial charge in [-0.15, -0.1) is 0 Å². The molecule has 2 amide bonds. The first-order chi connectivity index (χ1) is 14.0. The van der Waals surface area contributed by atoms with Gasteiger partial charge in [-0.3, -0.25) is 4.79 Å². The lowest BCUT2D eigenvalue weighted by molar-refractivity contribution is -0.115. The molecule has 2 aromatic rings. The van der Waals surface area contributed by atoms with Gasteiger partial charge in [0.25, 0.3) is 5.91 Å². The van der Waals surface area contributed by atoms with Gasteiger partial charge in [-0.05, 0) is 47.9 Å². The number of carbonyl (C=O) groups is 2. The summed E-state index contributed by atoms with van der Waals surface area (Å²) in [6.45, 7) is 0.376. The zero-order valence-electron chi connectivity index (χ0n) is 14.9. The predicted octanol–water partition coefficient (Wildman–Crippen LogP) is 4.27. The van der Waals surface area contributed by atoms with Gasteiger partial charge in [0.2, 0.25) is 0 Å². The number of amides is 2. The zero-order valence-corrected chi connectivity index (χ0v) is 17.3. The van der Waals surface area contributed by atoms with E-state index in [4.69, 9.17) is 33.3 Å². The number of thiocarbonyl (C=S) groups is 1. The summed E-state index contributed by atoms with van der Waals surface area (Å²) in [7, 11) is 0. The molecule has 0 aromatic heterocycles. The van der Waals surface area contributed by atoms with E-state index in [1.54, 1.807) is 18.2 Å². The maximum Gasteiger partial charge on any atom is 0.407 e. The number of hydrogen-bond donors (Lipinski definition) is 2. The fourth-order valence-electron chi connectivity index (χ4n) is 2.90. The number of halogens is 1. The summed E-state index contributed by atoms with van der Waals surface area (Å²) in [5, 5.41) is 5.76. The molecule has 0 spiro atoms. The first-order valence-electron chi connectivity index (χ1n) is 8.71. The van der Waals surface area contributed by atoms with E-state index in [0.29, 0.717) is 38.8 Å². The average molecular weight is 447 g/mol. The molecule has 1 unspecified atom stereocenters. The summed E-state index contributed by atoms with van der Waals surface area (Å²) in [6, 6.07) is 12.9. The molecule has 2 fully saturated rings. The number of ether oxygens (including phenoxy) is 2. The van der Waals surface area contributed by atoms with Crippen LogP contribution in [0.4, 0.5) is 4.79 Å². The lowest BCUT2D eigenvalue weighted by atomic mass is 10.1. The van der Waals surface area contributed by atoms with Crippen LogP contribution in [0.5, 0.6) is 11.5 Å². The van der Waals surface area contributed by atoms with Crippen LogP contribution in [-0.4, -0.2) is 29.0 Å². The number of cyclic esters (lactones) is 1. The van der Waals surface area contributed by atoms with Crippen molar-refractivity contribution in [1.29, 1.82) is 0 Å². The van der Waals surface area contributed by atoms with Crippen molar-refractivity contribution in [2.24, 2.45) is 0 Å². The average Bonchev–Trinajstić information content (AvgIpc) is 3.23. The molecule has 0 aliphatic carbocycles. The summed E-state index contributed by atoms with van der Waals surface area (Å²) in [6.07, 6.45) is 2.04. The summed E-state index contributed by atoms with van der Waals surface area (Å²) in [5.41, 5.74) is 1.84. The van der Waals surface area contributed by atoms with Crippen molar-refractivity contribution in [3.8, 4) is 11.5 Å². The lowest BCUT2D eigenvalue weighted by Gasteiger charge is -2.10. The number of hydrogen-bond acceptors (Lipinski definition) is 6. The van der Waals surface area contributed by atoms with Crippen LogP contribution < -0.4 is 15.4 Å². The van der Waals surface area contributed by atoms with Crippen LogP contribution in [-0.2, 0) is 16.0 Å². The van der Waals surface area contributed by atoms with Gasteiger partial charge in [-0.25, -0.2) is 4.79 Å². The summed E-state index contributed by atoms with van der Waals surface area (Å²) < 4.78 is 11.2. The van der Waals surface area contributed by atoms with E-state index in [2.05, 4.69) is 10.6 Å². The van der Waals surface area contributed by atoms with E-state index in [9.17, 15) is 9.59 Å². The molecule has 9 heteroatoms. The summed E-state index contributed by atoms with van der Waals surface area (Å²) in [5.74, 6) is 0.946. The molecule has 2 heterocycles. The third kappa shape index (κ3) is 4.90. The molecule has 0 radical (unpaired) electrons.